The number of rotatable bonds is 6. The Balaban J connectivity index is 2.31. The fourth-order valence-corrected chi connectivity index (χ4v) is 2.45. The van der Waals surface area contributed by atoms with Crippen LogP contribution >= 0.6 is 0 Å². The van der Waals surface area contributed by atoms with Crippen molar-refractivity contribution in [3.05, 3.63) is 71.3 Å². The summed E-state index contributed by atoms with van der Waals surface area (Å²) >= 11 is 0. The van der Waals surface area contributed by atoms with Crippen LogP contribution in [-0.4, -0.2) is 19.4 Å². The van der Waals surface area contributed by atoms with Crippen LogP contribution in [0.15, 0.2) is 54.6 Å². The van der Waals surface area contributed by atoms with Gasteiger partial charge in [-0.3, -0.25) is 0 Å². The van der Waals surface area contributed by atoms with Crippen LogP contribution in [0.4, 0.5) is 13.2 Å². The van der Waals surface area contributed by atoms with Gasteiger partial charge in [0.25, 0.3) is 0 Å². The van der Waals surface area contributed by atoms with Gasteiger partial charge in [0.05, 0.1) is 0 Å². The first-order chi connectivity index (χ1) is 12.8. The van der Waals surface area contributed by atoms with Crippen molar-refractivity contribution < 1.29 is 22.6 Å². The van der Waals surface area contributed by atoms with Gasteiger partial charge in [-0.15, -0.1) is 0 Å². The first kappa shape index (κ1) is 21.0. The molecular formula is C21H22F3NO2. The van der Waals surface area contributed by atoms with Crippen LogP contribution in [0.2, 0.25) is 0 Å². The van der Waals surface area contributed by atoms with Crippen LogP contribution in [0.5, 0.6) is 0 Å². The van der Waals surface area contributed by atoms with Crippen LogP contribution in [0.3, 0.4) is 0 Å². The summed E-state index contributed by atoms with van der Waals surface area (Å²) in [4.78, 5) is 0. The third-order valence-electron chi connectivity index (χ3n) is 3.90. The molecule has 0 spiro atoms. The summed E-state index contributed by atoms with van der Waals surface area (Å²) in [6.07, 6.45) is -5.23. The number of ether oxygens (including phenoxy) is 2. The van der Waals surface area contributed by atoms with Crippen molar-refractivity contribution in [3.8, 4) is 11.8 Å². The molecule has 0 aliphatic carbocycles. The highest BCUT2D eigenvalue weighted by atomic mass is 19.4. The van der Waals surface area contributed by atoms with Crippen molar-refractivity contribution in [1.82, 2.24) is 0 Å². The topological polar surface area (TPSA) is 44.5 Å². The zero-order chi connectivity index (χ0) is 19.9. The zero-order valence-electron chi connectivity index (χ0n) is 15.2. The number of nitrogens with two attached hydrogens (primary N) is 1. The Morgan fingerprint density at radius 2 is 1.48 bits per heavy atom. The maximum absolute atomic E-state index is 13.6. The molecule has 0 amide bonds. The maximum Gasteiger partial charge on any atom is 0.422 e. The summed E-state index contributed by atoms with van der Waals surface area (Å²) in [6, 6.07) is 13.9. The average molecular weight is 377 g/mol. The number of halogens is 3. The lowest BCUT2D eigenvalue weighted by Crippen LogP contribution is -2.49. The number of hydrogen-bond donors (Lipinski definition) is 1. The molecule has 2 rings (SSSR count). The van der Waals surface area contributed by atoms with Gasteiger partial charge < -0.3 is 15.2 Å². The maximum atomic E-state index is 13.6. The molecule has 1 unspecified atom stereocenters. The molecule has 2 aromatic rings. The predicted molar refractivity (Wildman–Crippen MR) is 97.7 cm³/mol. The average Bonchev–Trinajstić information content (AvgIpc) is 2.66. The Morgan fingerprint density at radius 3 is 1.96 bits per heavy atom. The van der Waals surface area contributed by atoms with Crippen LogP contribution < -0.4 is 5.73 Å². The van der Waals surface area contributed by atoms with Gasteiger partial charge in [0.1, 0.15) is 0 Å². The van der Waals surface area contributed by atoms with Crippen molar-refractivity contribution in [3.63, 3.8) is 0 Å². The van der Waals surface area contributed by atoms with E-state index in [1.54, 1.807) is 30.3 Å². The molecule has 2 aromatic carbocycles. The monoisotopic (exact) mass is 377 g/mol. The standard InChI is InChI=1S/C21H22F3NO2/c1-3-26-19(27-4-2)17-12-10-16(11-13-17)14-15-20(25,21(22,23)24)18-8-6-5-7-9-18/h5-13,19H,3-4,25H2,1-2H3. The van der Waals surface area contributed by atoms with Crippen molar-refractivity contribution in [2.45, 2.75) is 31.9 Å². The molecule has 0 heterocycles. The summed E-state index contributed by atoms with van der Waals surface area (Å²) in [5.74, 6) is 4.75. The van der Waals surface area contributed by atoms with Crippen LogP contribution in [0.25, 0.3) is 0 Å². The van der Waals surface area contributed by atoms with E-state index in [0.717, 1.165) is 5.56 Å². The minimum Gasteiger partial charge on any atom is -0.349 e. The van der Waals surface area contributed by atoms with Crippen molar-refractivity contribution in [2.24, 2.45) is 5.73 Å². The van der Waals surface area contributed by atoms with Crippen molar-refractivity contribution in [2.75, 3.05) is 13.2 Å². The van der Waals surface area contributed by atoms with Crippen LogP contribution in [0.1, 0.15) is 36.8 Å². The summed E-state index contributed by atoms with van der Waals surface area (Å²) in [5, 5.41) is 0. The summed E-state index contributed by atoms with van der Waals surface area (Å²) in [5.41, 5.74) is 4.00. The minimum absolute atomic E-state index is 0.102. The zero-order valence-corrected chi connectivity index (χ0v) is 15.2. The third kappa shape index (κ3) is 5.10. The molecule has 144 valence electrons. The second-order valence-electron chi connectivity index (χ2n) is 5.79. The fraction of sp³-hybridized carbons (Fsp3) is 0.333. The van der Waals surface area contributed by atoms with E-state index in [4.69, 9.17) is 15.2 Å². The summed E-state index contributed by atoms with van der Waals surface area (Å²) < 4.78 is 51.7. The Kier molecular flexibility index (Phi) is 7.03. The van der Waals surface area contributed by atoms with Crippen molar-refractivity contribution in [1.29, 1.82) is 0 Å². The lowest BCUT2D eigenvalue weighted by atomic mass is 9.90. The van der Waals surface area contributed by atoms with Gasteiger partial charge in [-0.05, 0) is 31.5 Å². The molecule has 2 N–H and O–H groups in total. The summed E-state index contributed by atoms with van der Waals surface area (Å²) in [6.45, 7) is 4.66. The van der Waals surface area contributed by atoms with Gasteiger partial charge >= 0.3 is 6.18 Å². The molecule has 0 fully saturated rings. The Labute approximate surface area is 157 Å². The third-order valence-corrected chi connectivity index (χ3v) is 3.90. The smallest absolute Gasteiger partial charge is 0.349 e. The highest BCUT2D eigenvalue weighted by Gasteiger charge is 2.52. The second-order valence-corrected chi connectivity index (χ2v) is 5.79. The summed E-state index contributed by atoms with van der Waals surface area (Å²) in [7, 11) is 0. The molecule has 0 bridgehead atoms. The lowest BCUT2D eigenvalue weighted by Gasteiger charge is -2.27. The highest BCUT2D eigenvalue weighted by molar-refractivity contribution is 5.43. The van der Waals surface area contributed by atoms with E-state index in [0.29, 0.717) is 18.8 Å². The number of hydrogen-bond acceptors (Lipinski definition) is 3. The SMILES string of the molecule is CCOC(OCC)c1ccc(C#CC(N)(c2ccccc2)C(F)(F)F)cc1. The van der Waals surface area contributed by atoms with Crippen LogP contribution in [-0.2, 0) is 15.0 Å². The molecule has 6 heteroatoms. The Hall–Kier alpha value is -2.33. The van der Waals surface area contributed by atoms with Gasteiger partial charge in [0.2, 0.25) is 0 Å². The van der Waals surface area contributed by atoms with E-state index in [2.05, 4.69) is 11.8 Å². The molecule has 0 aliphatic heterocycles. The first-order valence-electron chi connectivity index (χ1n) is 8.59. The quantitative estimate of drug-likeness (QED) is 0.594. The predicted octanol–water partition coefficient (Wildman–Crippen LogP) is 4.53. The molecule has 27 heavy (non-hydrogen) atoms. The van der Waals surface area contributed by atoms with Gasteiger partial charge in [0.15, 0.2) is 11.8 Å². The lowest BCUT2D eigenvalue weighted by molar-refractivity contribution is -0.171. The number of alkyl halides is 3. The highest BCUT2D eigenvalue weighted by Crippen LogP contribution is 2.36. The largest absolute Gasteiger partial charge is 0.422 e. The molecular weight excluding hydrogens is 355 g/mol. The van der Waals surface area contributed by atoms with Gasteiger partial charge in [0, 0.05) is 24.3 Å². The van der Waals surface area contributed by atoms with Gasteiger partial charge in [-0.1, -0.05) is 54.3 Å². The molecule has 3 nitrogen and oxygen atoms in total. The molecule has 1 atom stereocenters. The molecule has 0 saturated carbocycles. The normalized spacial score (nSPS) is 13.7. The second kappa shape index (κ2) is 9.05. The van der Waals surface area contributed by atoms with E-state index in [1.165, 1.54) is 24.3 Å². The van der Waals surface area contributed by atoms with E-state index < -0.39 is 18.0 Å². The van der Waals surface area contributed by atoms with E-state index >= 15 is 0 Å². The van der Waals surface area contributed by atoms with E-state index in [-0.39, 0.29) is 5.56 Å². The molecule has 0 saturated heterocycles. The number of benzene rings is 2. The van der Waals surface area contributed by atoms with Crippen LogP contribution in [0, 0.1) is 11.8 Å². The molecule has 0 aromatic heterocycles. The first-order valence-corrected chi connectivity index (χ1v) is 8.59. The van der Waals surface area contributed by atoms with Gasteiger partial charge in [-0.2, -0.15) is 13.2 Å². The molecule has 0 aliphatic rings. The Morgan fingerprint density at radius 1 is 0.926 bits per heavy atom. The van der Waals surface area contributed by atoms with Gasteiger partial charge in [-0.25, -0.2) is 0 Å². The molecule has 0 radical (unpaired) electrons. The minimum atomic E-state index is -4.71. The van der Waals surface area contributed by atoms with E-state index in [9.17, 15) is 13.2 Å². The van der Waals surface area contributed by atoms with E-state index in [1.807, 2.05) is 13.8 Å². The van der Waals surface area contributed by atoms with Crippen molar-refractivity contribution >= 4 is 0 Å². The fourth-order valence-electron chi connectivity index (χ4n) is 2.45. The Bertz CT molecular complexity index is 773.